The van der Waals surface area contributed by atoms with E-state index in [1.165, 1.54) is 0 Å². The molecule has 1 atom stereocenters. The van der Waals surface area contributed by atoms with E-state index in [1.54, 1.807) is 24.9 Å². The van der Waals surface area contributed by atoms with Crippen LogP contribution in [0.2, 0.25) is 13.1 Å². The molecule has 0 aliphatic heterocycles. The zero-order valence-electron chi connectivity index (χ0n) is 6.34. The van der Waals surface area contributed by atoms with Crippen LogP contribution in [-0.4, -0.2) is 25.0 Å². The highest BCUT2D eigenvalue weighted by molar-refractivity contribution is 7.99. The molecule has 0 saturated carbocycles. The second-order valence-corrected chi connectivity index (χ2v) is 6.63. The van der Waals surface area contributed by atoms with E-state index in [2.05, 4.69) is 0 Å². The minimum absolute atomic E-state index is 0.122. The Kier molecular flexibility index (Phi) is 3.80. The SMILES string of the molecule is CSC(C)O[Si](C)(C)O. The van der Waals surface area contributed by atoms with Crippen LogP contribution in [0, 0.1) is 0 Å². The lowest BCUT2D eigenvalue weighted by Crippen LogP contribution is -2.32. The third-order valence-electron chi connectivity index (χ3n) is 0.786. The molecule has 0 saturated heterocycles. The number of thioether (sulfide) groups is 1. The molecule has 0 spiro atoms. The van der Waals surface area contributed by atoms with Crippen molar-refractivity contribution in [1.82, 2.24) is 0 Å². The predicted molar refractivity (Wildman–Crippen MR) is 43.8 cm³/mol. The largest absolute Gasteiger partial charge is 0.411 e. The summed E-state index contributed by atoms with van der Waals surface area (Å²) in [6.45, 7) is 5.47. The van der Waals surface area contributed by atoms with Crippen molar-refractivity contribution in [3.05, 3.63) is 0 Å². The molecule has 1 unspecified atom stereocenters. The number of hydrogen-bond donors (Lipinski definition) is 1. The second kappa shape index (κ2) is 3.61. The Balaban J connectivity index is 3.47. The monoisotopic (exact) mass is 166 g/mol. The third-order valence-corrected chi connectivity index (χ3v) is 2.65. The fourth-order valence-electron chi connectivity index (χ4n) is 0.454. The molecule has 0 fully saturated rings. The molecule has 0 bridgehead atoms. The van der Waals surface area contributed by atoms with Gasteiger partial charge in [-0.15, -0.1) is 11.8 Å². The van der Waals surface area contributed by atoms with Crippen LogP contribution < -0.4 is 0 Å². The summed E-state index contributed by atoms with van der Waals surface area (Å²) in [6, 6.07) is 0. The highest BCUT2D eigenvalue weighted by Gasteiger charge is 2.20. The Morgan fingerprint density at radius 1 is 1.56 bits per heavy atom. The molecular weight excluding hydrogens is 152 g/mol. The summed E-state index contributed by atoms with van der Waals surface area (Å²) in [5, 5.41) is 0. The van der Waals surface area contributed by atoms with Crippen LogP contribution in [0.4, 0.5) is 0 Å². The van der Waals surface area contributed by atoms with Gasteiger partial charge in [-0.2, -0.15) is 0 Å². The summed E-state index contributed by atoms with van der Waals surface area (Å²) in [7, 11) is -2.26. The summed E-state index contributed by atoms with van der Waals surface area (Å²) in [6.07, 6.45) is 1.96. The van der Waals surface area contributed by atoms with Crippen molar-refractivity contribution >= 4 is 20.3 Å². The molecule has 2 nitrogen and oxygen atoms in total. The Labute approximate surface area is 61.9 Å². The van der Waals surface area contributed by atoms with Crippen LogP contribution in [0.1, 0.15) is 6.92 Å². The highest BCUT2D eigenvalue weighted by Crippen LogP contribution is 2.11. The molecule has 0 aromatic heterocycles. The molecule has 0 aromatic carbocycles. The molecule has 0 amide bonds. The van der Waals surface area contributed by atoms with Crippen molar-refractivity contribution < 1.29 is 9.22 Å². The van der Waals surface area contributed by atoms with Crippen LogP contribution in [0.5, 0.6) is 0 Å². The molecule has 9 heavy (non-hydrogen) atoms. The fraction of sp³-hybridized carbons (Fsp3) is 1.00. The van der Waals surface area contributed by atoms with Crippen LogP contribution in [0.15, 0.2) is 0 Å². The number of hydrogen-bond acceptors (Lipinski definition) is 3. The van der Waals surface area contributed by atoms with Gasteiger partial charge in [-0.1, -0.05) is 0 Å². The highest BCUT2D eigenvalue weighted by atomic mass is 32.2. The van der Waals surface area contributed by atoms with Gasteiger partial charge >= 0.3 is 8.56 Å². The number of rotatable bonds is 3. The average Bonchev–Trinajstić information content (AvgIpc) is 1.62. The second-order valence-electron chi connectivity index (χ2n) is 2.37. The topological polar surface area (TPSA) is 29.5 Å². The van der Waals surface area contributed by atoms with Crippen molar-refractivity contribution in [1.29, 1.82) is 0 Å². The molecule has 4 heteroatoms. The Morgan fingerprint density at radius 2 is 2.00 bits per heavy atom. The first-order valence-electron chi connectivity index (χ1n) is 2.88. The van der Waals surface area contributed by atoms with Gasteiger partial charge in [-0.25, -0.2) is 0 Å². The van der Waals surface area contributed by atoms with Crippen molar-refractivity contribution in [3.8, 4) is 0 Å². The van der Waals surface area contributed by atoms with Gasteiger partial charge in [-0.05, 0) is 26.3 Å². The van der Waals surface area contributed by atoms with E-state index in [1.807, 2.05) is 13.2 Å². The van der Waals surface area contributed by atoms with Crippen molar-refractivity contribution in [2.75, 3.05) is 6.26 Å². The lowest BCUT2D eigenvalue weighted by molar-refractivity contribution is 0.233. The van der Waals surface area contributed by atoms with Gasteiger partial charge in [0.05, 0.1) is 5.44 Å². The van der Waals surface area contributed by atoms with Crippen molar-refractivity contribution in [2.24, 2.45) is 0 Å². The van der Waals surface area contributed by atoms with Crippen molar-refractivity contribution in [3.63, 3.8) is 0 Å². The maximum atomic E-state index is 9.22. The zero-order valence-corrected chi connectivity index (χ0v) is 8.16. The summed E-state index contributed by atoms with van der Waals surface area (Å²) >= 11 is 1.60. The van der Waals surface area contributed by atoms with E-state index < -0.39 is 8.56 Å². The smallest absolute Gasteiger partial charge is 0.329 e. The van der Waals surface area contributed by atoms with Gasteiger partial charge in [-0.3, -0.25) is 0 Å². The Bertz CT molecular complexity index is 81.5. The molecule has 0 rings (SSSR count). The zero-order chi connectivity index (χ0) is 7.49. The molecule has 0 radical (unpaired) electrons. The van der Waals surface area contributed by atoms with Gasteiger partial charge in [0.15, 0.2) is 0 Å². The first-order valence-corrected chi connectivity index (χ1v) is 7.03. The minimum Gasteiger partial charge on any atom is -0.411 e. The maximum Gasteiger partial charge on any atom is 0.329 e. The van der Waals surface area contributed by atoms with E-state index in [0.717, 1.165) is 0 Å². The van der Waals surface area contributed by atoms with Gasteiger partial charge in [0.25, 0.3) is 0 Å². The van der Waals surface area contributed by atoms with Crippen molar-refractivity contribution in [2.45, 2.75) is 25.5 Å². The van der Waals surface area contributed by atoms with E-state index in [0.29, 0.717) is 0 Å². The van der Waals surface area contributed by atoms with Gasteiger partial charge < -0.3 is 9.22 Å². The van der Waals surface area contributed by atoms with Gasteiger partial charge in [0.2, 0.25) is 0 Å². The lowest BCUT2D eigenvalue weighted by Gasteiger charge is -2.19. The average molecular weight is 166 g/mol. The summed E-state index contributed by atoms with van der Waals surface area (Å²) in [5.74, 6) is 0. The quantitative estimate of drug-likeness (QED) is 0.508. The summed E-state index contributed by atoms with van der Waals surface area (Å²) in [4.78, 5) is 9.22. The fourth-order valence-corrected chi connectivity index (χ4v) is 2.36. The van der Waals surface area contributed by atoms with E-state index >= 15 is 0 Å². The molecule has 0 heterocycles. The van der Waals surface area contributed by atoms with Crippen LogP contribution >= 0.6 is 11.8 Å². The van der Waals surface area contributed by atoms with Crippen LogP contribution in [0.25, 0.3) is 0 Å². The van der Waals surface area contributed by atoms with E-state index in [4.69, 9.17) is 4.43 Å². The maximum absolute atomic E-state index is 9.22. The summed E-state index contributed by atoms with van der Waals surface area (Å²) in [5.41, 5.74) is 0.122. The first kappa shape index (κ1) is 9.49. The molecule has 56 valence electrons. The molecule has 0 aromatic rings. The molecule has 1 N–H and O–H groups in total. The standard InChI is InChI=1S/C5H14O2SSi/c1-5(8-2)7-9(3,4)6/h5-6H,1-4H3. The minimum atomic E-state index is -2.26. The lowest BCUT2D eigenvalue weighted by atomic mass is 10.9. The predicted octanol–water partition coefficient (Wildman–Crippen LogP) is 1.41. The first-order chi connectivity index (χ1) is 3.95. The Hall–Kier alpha value is 0.487. The van der Waals surface area contributed by atoms with Gasteiger partial charge in [0, 0.05) is 0 Å². The summed E-state index contributed by atoms with van der Waals surface area (Å²) < 4.78 is 5.24. The normalized spacial score (nSPS) is 15.7. The van der Waals surface area contributed by atoms with Crippen LogP contribution in [0.3, 0.4) is 0 Å². The molecular formula is C5H14O2SSi. The molecule has 0 aliphatic rings. The van der Waals surface area contributed by atoms with Crippen LogP contribution in [-0.2, 0) is 4.43 Å². The Morgan fingerprint density at radius 3 is 2.11 bits per heavy atom. The third kappa shape index (κ3) is 6.37. The van der Waals surface area contributed by atoms with Gasteiger partial charge in [0.1, 0.15) is 0 Å². The van der Waals surface area contributed by atoms with E-state index in [9.17, 15) is 4.80 Å². The van der Waals surface area contributed by atoms with E-state index in [-0.39, 0.29) is 5.44 Å². The molecule has 0 aliphatic carbocycles.